The van der Waals surface area contributed by atoms with E-state index in [0.717, 1.165) is 11.1 Å². The van der Waals surface area contributed by atoms with Gasteiger partial charge in [-0.1, -0.05) is 24.0 Å². The Hall–Kier alpha value is -2.49. The molecule has 0 aliphatic rings. The lowest BCUT2D eigenvalue weighted by molar-refractivity contribution is 0.305. The van der Waals surface area contributed by atoms with Crippen molar-refractivity contribution in [3.8, 4) is 23.7 Å². The summed E-state index contributed by atoms with van der Waals surface area (Å²) in [7, 11) is 0. The molecule has 1 aromatic carbocycles. The van der Waals surface area contributed by atoms with Crippen molar-refractivity contribution in [3.63, 3.8) is 0 Å². The van der Waals surface area contributed by atoms with E-state index in [1.54, 1.807) is 12.3 Å². The van der Waals surface area contributed by atoms with Gasteiger partial charge in [-0.25, -0.2) is 4.98 Å². The van der Waals surface area contributed by atoms with Crippen molar-refractivity contribution in [2.75, 3.05) is 5.88 Å². The molecule has 0 spiro atoms. The highest BCUT2D eigenvalue weighted by atomic mass is 35.5. The molecule has 0 amide bonds. The molecule has 0 aliphatic heterocycles. The topological polar surface area (TPSA) is 45.9 Å². The lowest BCUT2D eigenvalue weighted by Crippen LogP contribution is -1.98. The number of rotatable bonds is 3. The SMILES string of the molecule is N#Cc1cc(COc2ccccc2C#CCCl)ccn1. The molecule has 0 bridgehead atoms. The van der Waals surface area contributed by atoms with Crippen molar-refractivity contribution in [3.05, 3.63) is 59.4 Å². The minimum atomic E-state index is 0.282. The van der Waals surface area contributed by atoms with Crippen molar-refractivity contribution in [1.82, 2.24) is 4.98 Å². The van der Waals surface area contributed by atoms with Crippen molar-refractivity contribution in [2.45, 2.75) is 6.61 Å². The Morgan fingerprint density at radius 3 is 2.90 bits per heavy atom. The number of halogens is 1. The number of aromatic nitrogens is 1. The van der Waals surface area contributed by atoms with Gasteiger partial charge in [0.2, 0.25) is 0 Å². The number of pyridine rings is 1. The number of nitriles is 1. The average molecular weight is 283 g/mol. The Balaban J connectivity index is 2.13. The summed E-state index contributed by atoms with van der Waals surface area (Å²) in [4.78, 5) is 3.92. The van der Waals surface area contributed by atoms with Gasteiger partial charge in [0.1, 0.15) is 24.1 Å². The van der Waals surface area contributed by atoms with Crippen LogP contribution in [-0.4, -0.2) is 10.9 Å². The maximum atomic E-state index is 8.80. The summed E-state index contributed by atoms with van der Waals surface area (Å²) in [5, 5.41) is 8.80. The molecule has 0 N–H and O–H groups in total. The lowest BCUT2D eigenvalue weighted by Gasteiger charge is -2.08. The van der Waals surface area contributed by atoms with Gasteiger partial charge in [0.05, 0.1) is 11.4 Å². The Labute approximate surface area is 122 Å². The summed E-state index contributed by atoms with van der Waals surface area (Å²) < 4.78 is 5.74. The van der Waals surface area contributed by atoms with Gasteiger partial charge >= 0.3 is 0 Å². The van der Waals surface area contributed by atoms with Gasteiger partial charge in [0.25, 0.3) is 0 Å². The van der Waals surface area contributed by atoms with E-state index >= 15 is 0 Å². The molecule has 0 aliphatic carbocycles. The zero-order valence-electron chi connectivity index (χ0n) is 10.6. The maximum absolute atomic E-state index is 8.80. The minimum Gasteiger partial charge on any atom is -0.488 e. The zero-order chi connectivity index (χ0) is 14.2. The van der Waals surface area contributed by atoms with Gasteiger partial charge in [-0.15, -0.1) is 11.6 Å². The van der Waals surface area contributed by atoms with Crippen LogP contribution in [0.2, 0.25) is 0 Å². The van der Waals surface area contributed by atoms with E-state index in [1.807, 2.05) is 36.4 Å². The van der Waals surface area contributed by atoms with Crippen LogP contribution in [0, 0.1) is 23.2 Å². The van der Waals surface area contributed by atoms with E-state index in [9.17, 15) is 0 Å². The van der Waals surface area contributed by atoms with E-state index in [1.165, 1.54) is 0 Å². The van der Waals surface area contributed by atoms with Crippen molar-refractivity contribution < 1.29 is 4.74 Å². The van der Waals surface area contributed by atoms with E-state index in [2.05, 4.69) is 16.8 Å². The minimum absolute atomic E-state index is 0.282. The van der Waals surface area contributed by atoms with E-state index in [-0.39, 0.29) is 5.88 Å². The first-order valence-electron chi connectivity index (χ1n) is 5.95. The van der Waals surface area contributed by atoms with Crippen LogP contribution < -0.4 is 4.74 Å². The number of benzene rings is 1. The fraction of sp³-hybridized carbons (Fsp3) is 0.125. The van der Waals surface area contributed by atoms with Crippen molar-refractivity contribution >= 4 is 11.6 Å². The Kier molecular flexibility index (Phi) is 5.00. The fourth-order valence-corrected chi connectivity index (χ4v) is 1.68. The standard InChI is InChI=1S/C16H11ClN2O/c17-8-3-5-14-4-1-2-6-16(14)20-12-13-7-9-19-15(10-13)11-18/h1-2,4,6-7,9-10H,8,12H2. The smallest absolute Gasteiger partial charge is 0.140 e. The summed E-state index contributed by atoms with van der Waals surface area (Å²) in [6, 6.07) is 13.0. The first-order valence-corrected chi connectivity index (χ1v) is 6.48. The molecular formula is C16H11ClN2O. The van der Waals surface area contributed by atoms with Gasteiger partial charge in [-0.05, 0) is 29.8 Å². The number of nitrogens with zero attached hydrogens (tertiary/aromatic N) is 2. The summed E-state index contributed by atoms with van der Waals surface area (Å²) in [5.74, 6) is 6.73. The quantitative estimate of drug-likeness (QED) is 0.642. The number of ether oxygens (including phenoxy) is 1. The first-order chi connectivity index (χ1) is 9.83. The Bertz CT molecular complexity index is 695. The summed E-state index contributed by atoms with van der Waals surface area (Å²) >= 11 is 5.56. The second kappa shape index (κ2) is 7.19. The third kappa shape index (κ3) is 3.75. The molecule has 0 fully saturated rings. The Morgan fingerprint density at radius 1 is 1.25 bits per heavy atom. The van der Waals surface area contributed by atoms with Crippen LogP contribution in [-0.2, 0) is 6.61 Å². The average Bonchev–Trinajstić information content (AvgIpc) is 2.52. The number of hydrogen-bond donors (Lipinski definition) is 0. The van der Waals surface area contributed by atoms with Gasteiger partial charge in [0.15, 0.2) is 0 Å². The highest BCUT2D eigenvalue weighted by Crippen LogP contribution is 2.18. The number of hydrogen-bond acceptors (Lipinski definition) is 3. The molecule has 0 saturated carbocycles. The summed E-state index contributed by atoms with van der Waals surface area (Å²) in [6.45, 7) is 0.358. The molecule has 0 saturated heterocycles. The van der Waals surface area contributed by atoms with Crippen LogP contribution in [0.5, 0.6) is 5.75 Å². The third-order valence-electron chi connectivity index (χ3n) is 2.51. The van der Waals surface area contributed by atoms with Crippen LogP contribution >= 0.6 is 11.6 Å². The normalized spacial score (nSPS) is 9.20. The Morgan fingerprint density at radius 2 is 2.10 bits per heavy atom. The molecular weight excluding hydrogens is 272 g/mol. The molecule has 98 valence electrons. The molecule has 1 heterocycles. The second-order valence-electron chi connectivity index (χ2n) is 3.88. The zero-order valence-corrected chi connectivity index (χ0v) is 11.4. The fourth-order valence-electron chi connectivity index (χ4n) is 1.61. The van der Waals surface area contributed by atoms with Gasteiger partial charge in [-0.2, -0.15) is 5.26 Å². The number of para-hydroxylation sites is 1. The molecule has 1 aromatic heterocycles. The van der Waals surface area contributed by atoms with Crippen molar-refractivity contribution in [1.29, 1.82) is 5.26 Å². The summed E-state index contributed by atoms with van der Waals surface area (Å²) in [6.07, 6.45) is 1.59. The molecule has 4 heteroatoms. The van der Waals surface area contributed by atoms with E-state index in [4.69, 9.17) is 21.6 Å². The molecule has 0 atom stereocenters. The van der Waals surface area contributed by atoms with Crippen molar-refractivity contribution in [2.24, 2.45) is 0 Å². The molecule has 0 unspecified atom stereocenters. The predicted octanol–water partition coefficient (Wildman–Crippen LogP) is 3.12. The molecule has 3 nitrogen and oxygen atoms in total. The van der Waals surface area contributed by atoms with Gasteiger partial charge < -0.3 is 4.74 Å². The lowest BCUT2D eigenvalue weighted by atomic mass is 10.2. The van der Waals surface area contributed by atoms with Crippen LogP contribution in [0.25, 0.3) is 0 Å². The highest BCUT2D eigenvalue weighted by molar-refractivity contribution is 6.19. The van der Waals surface area contributed by atoms with Crippen LogP contribution in [0.1, 0.15) is 16.8 Å². The molecule has 2 rings (SSSR count). The largest absolute Gasteiger partial charge is 0.488 e. The van der Waals surface area contributed by atoms with Crippen LogP contribution in [0.15, 0.2) is 42.6 Å². The van der Waals surface area contributed by atoms with Gasteiger partial charge in [0, 0.05) is 6.20 Å². The van der Waals surface area contributed by atoms with E-state index in [0.29, 0.717) is 18.1 Å². The highest BCUT2D eigenvalue weighted by Gasteiger charge is 2.02. The third-order valence-corrected chi connectivity index (χ3v) is 2.64. The molecule has 2 aromatic rings. The molecule has 0 radical (unpaired) electrons. The maximum Gasteiger partial charge on any atom is 0.140 e. The van der Waals surface area contributed by atoms with Gasteiger partial charge in [-0.3, -0.25) is 0 Å². The molecule has 20 heavy (non-hydrogen) atoms. The van der Waals surface area contributed by atoms with Crippen LogP contribution in [0.3, 0.4) is 0 Å². The van der Waals surface area contributed by atoms with Crippen LogP contribution in [0.4, 0.5) is 0 Å². The summed E-state index contributed by atoms with van der Waals surface area (Å²) in [5.41, 5.74) is 2.06. The van der Waals surface area contributed by atoms with E-state index < -0.39 is 0 Å². The monoisotopic (exact) mass is 282 g/mol. The predicted molar refractivity (Wildman–Crippen MR) is 77.3 cm³/mol. The first kappa shape index (κ1) is 13.9. The number of alkyl halides is 1. The second-order valence-corrected chi connectivity index (χ2v) is 4.15.